The highest BCUT2D eigenvalue weighted by atomic mass is 19.1. The first kappa shape index (κ1) is 11.9. The van der Waals surface area contributed by atoms with Crippen molar-refractivity contribution >= 4 is 0 Å². The van der Waals surface area contributed by atoms with Gasteiger partial charge in [0.2, 0.25) is 0 Å². The van der Waals surface area contributed by atoms with Gasteiger partial charge >= 0.3 is 0 Å². The summed E-state index contributed by atoms with van der Waals surface area (Å²) in [7, 11) is 3.04. The van der Waals surface area contributed by atoms with E-state index in [0.29, 0.717) is 19.6 Å². The minimum absolute atomic E-state index is 0.239. The minimum Gasteiger partial charge on any atom is -0.494 e. The number of nitrogens with two attached hydrogens (primary N) is 1. The van der Waals surface area contributed by atoms with Crippen LogP contribution >= 0.6 is 0 Å². The van der Waals surface area contributed by atoms with Crippen LogP contribution in [-0.4, -0.2) is 20.8 Å². The summed E-state index contributed by atoms with van der Waals surface area (Å²) in [6, 6.07) is 3.11. The summed E-state index contributed by atoms with van der Waals surface area (Å²) in [5.74, 6) is -0.122. The first-order valence-corrected chi connectivity index (χ1v) is 4.77. The SMILES string of the molecule is COCc1cc(OC)c(F)cc1CCN. The summed E-state index contributed by atoms with van der Waals surface area (Å²) in [5, 5.41) is 0. The molecule has 0 spiro atoms. The molecule has 0 amide bonds. The summed E-state index contributed by atoms with van der Waals surface area (Å²) >= 11 is 0. The van der Waals surface area contributed by atoms with Crippen LogP contribution in [0.15, 0.2) is 12.1 Å². The molecule has 3 nitrogen and oxygen atoms in total. The molecule has 0 aliphatic heterocycles. The standard InChI is InChI=1S/C11H16FNO2/c1-14-7-9-6-11(15-2)10(12)5-8(9)3-4-13/h5-6H,3-4,7,13H2,1-2H3. The fourth-order valence-corrected chi connectivity index (χ4v) is 1.47. The Morgan fingerprint density at radius 2 is 2.00 bits per heavy atom. The molecule has 0 aliphatic carbocycles. The fourth-order valence-electron chi connectivity index (χ4n) is 1.47. The first-order valence-electron chi connectivity index (χ1n) is 4.77. The zero-order chi connectivity index (χ0) is 11.3. The number of rotatable bonds is 5. The Balaban J connectivity index is 3.07. The average molecular weight is 213 g/mol. The van der Waals surface area contributed by atoms with Gasteiger partial charge in [0, 0.05) is 7.11 Å². The van der Waals surface area contributed by atoms with Crippen molar-refractivity contribution in [3.8, 4) is 5.75 Å². The molecular formula is C11H16FNO2. The van der Waals surface area contributed by atoms with Crippen molar-refractivity contribution < 1.29 is 13.9 Å². The molecule has 0 unspecified atom stereocenters. The van der Waals surface area contributed by atoms with Crippen LogP contribution < -0.4 is 10.5 Å². The van der Waals surface area contributed by atoms with Gasteiger partial charge < -0.3 is 15.2 Å². The maximum absolute atomic E-state index is 13.4. The molecule has 0 bridgehead atoms. The fraction of sp³-hybridized carbons (Fsp3) is 0.455. The van der Waals surface area contributed by atoms with Gasteiger partial charge in [0.05, 0.1) is 13.7 Å². The van der Waals surface area contributed by atoms with E-state index in [9.17, 15) is 4.39 Å². The van der Waals surface area contributed by atoms with E-state index in [4.69, 9.17) is 15.2 Å². The summed E-state index contributed by atoms with van der Waals surface area (Å²) < 4.78 is 23.3. The monoisotopic (exact) mass is 213 g/mol. The molecule has 0 aliphatic rings. The lowest BCUT2D eigenvalue weighted by Gasteiger charge is -2.11. The molecule has 4 heteroatoms. The number of ether oxygens (including phenoxy) is 2. The Hall–Kier alpha value is -1.13. The average Bonchev–Trinajstić information content (AvgIpc) is 2.22. The number of benzene rings is 1. The Kier molecular flexibility index (Phi) is 4.52. The van der Waals surface area contributed by atoms with Crippen LogP contribution in [0.1, 0.15) is 11.1 Å². The van der Waals surface area contributed by atoms with Crippen LogP contribution in [0.5, 0.6) is 5.75 Å². The Bertz CT molecular complexity index is 329. The van der Waals surface area contributed by atoms with Crippen molar-refractivity contribution in [1.29, 1.82) is 0 Å². The van der Waals surface area contributed by atoms with Crippen molar-refractivity contribution in [2.24, 2.45) is 5.73 Å². The topological polar surface area (TPSA) is 44.5 Å². The van der Waals surface area contributed by atoms with Gasteiger partial charge in [0.1, 0.15) is 0 Å². The smallest absolute Gasteiger partial charge is 0.165 e. The van der Waals surface area contributed by atoms with Crippen molar-refractivity contribution in [2.45, 2.75) is 13.0 Å². The maximum atomic E-state index is 13.4. The molecule has 0 saturated carbocycles. The zero-order valence-electron chi connectivity index (χ0n) is 9.05. The molecule has 0 radical (unpaired) electrons. The zero-order valence-corrected chi connectivity index (χ0v) is 9.05. The highest BCUT2D eigenvalue weighted by Crippen LogP contribution is 2.23. The van der Waals surface area contributed by atoms with Gasteiger partial charge in [-0.2, -0.15) is 0 Å². The predicted molar refractivity (Wildman–Crippen MR) is 56.4 cm³/mol. The largest absolute Gasteiger partial charge is 0.494 e. The van der Waals surface area contributed by atoms with Gasteiger partial charge in [0.25, 0.3) is 0 Å². The van der Waals surface area contributed by atoms with Crippen LogP contribution in [0.4, 0.5) is 4.39 Å². The van der Waals surface area contributed by atoms with Crippen LogP contribution in [-0.2, 0) is 17.8 Å². The van der Waals surface area contributed by atoms with Gasteiger partial charge in [0.15, 0.2) is 11.6 Å². The maximum Gasteiger partial charge on any atom is 0.165 e. The Morgan fingerprint density at radius 3 is 2.53 bits per heavy atom. The molecule has 0 fully saturated rings. The summed E-state index contributed by atoms with van der Waals surface area (Å²) in [6.45, 7) is 0.925. The Labute approximate surface area is 89.0 Å². The third kappa shape index (κ3) is 2.91. The van der Waals surface area contributed by atoms with Crippen molar-refractivity contribution in [1.82, 2.24) is 0 Å². The molecule has 1 rings (SSSR count). The molecule has 84 valence electrons. The minimum atomic E-state index is -0.360. The molecule has 1 aromatic rings. The normalized spacial score (nSPS) is 10.4. The predicted octanol–water partition coefficient (Wildman–Crippen LogP) is 1.48. The number of halogens is 1. The van der Waals surface area contributed by atoms with E-state index in [2.05, 4.69) is 0 Å². The summed E-state index contributed by atoms with van der Waals surface area (Å²) in [6.07, 6.45) is 0.638. The van der Waals surface area contributed by atoms with Gasteiger partial charge in [-0.1, -0.05) is 0 Å². The van der Waals surface area contributed by atoms with E-state index < -0.39 is 0 Å². The third-order valence-corrected chi connectivity index (χ3v) is 2.19. The lowest BCUT2D eigenvalue weighted by molar-refractivity contribution is 0.183. The van der Waals surface area contributed by atoms with Crippen LogP contribution in [0.3, 0.4) is 0 Å². The molecule has 0 saturated heterocycles. The van der Waals surface area contributed by atoms with Crippen molar-refractivity contribution in [2.75, 3.05) is 20.8 Å². The van der Waals surface area contributed by atoms with E-state index >= 15 is 0 Å². The van der Waals surface area contributed by atoms with Crippen LogP contribution in [0.25, 0.3) is 0 Å². The second-order valence-corrected chi connectivity index (χ2v) is 3.23. The van der Waals surface area contributed by atoms with E-state index in [1.165, 1.54) is 13.2 Å². The van der Waals surface area contributed by atoms with E-state index in [1.807, 2.05) is 0 Å². The van der Waals surface area contributed by atoms with Gasteiger partial charge in [-0.25, -0.2) is 4.39 Å². The molecule has 0 aromatic heterocycles. The second-order valence-electron chi connectivity index (χ2n) is 3.23. The van der Waals surface area contributed by atoms with E-state index in [0.717, 1.165) is 11.1 Å². The van der Waals surface area contributed by atoms with E-state index in [1.54, 1.807) is 13.2 Å². The highest BCUT2D eigenvalue weighted by molar-refractivity contribution is 5.37. The van der Waals surface area contributed by atoms with Gasteiger partial charge in [-0.3, -0.25) is 0 Å². The summed E-state index contributed by atoms with van der Waals surface area (Å²) in [4.78, 5) is 0. The molecule has 15 heavy (non-hydrogen) atoms. The van der Waals surface area contributed by atoms with Crippen LogP contribution in [0.2, 0.25) is 0 Å². The molecule has 1 aromatic carbocycles. The highest BCUT2D eigenvalue weighted by Gasteiger charge is 2.09. The van der Waals surface area contributed by atoms with Gasteiger partial charge in [-0.05, 0) is 36.2 Å². The third-order valence-electron chi connectivity index (χ3n) is 2.19. The quantitative estimate of drug-likeness (QED) is 0.805. The van der Waals surface area contributed by atoms with Crippen LogP contribution in [0, 0.1) is 5.82 Å². The molecule has 0 heterocycles. The van der Waals surface area contributed by atoms with E-state index in [-0.39, 0.29) is 11.6 Å². The first-order chi connectivity index (χ1) is 7.22. The Morgan fingerprint density at radius 1 is 1.27 bits per heavy atom. The van der Waals surface area contributed by atoms with Gasteiger partial charge in [-0.15, -0.1) is 0 Å². The summed E-state index contributed by atoms with van der Waals surface area (Å²) in [5.41, 5.74) is 7.24. The lowest BCUT2D eigenvalue weighted by Crippen LogP contribution is -2.07. The number of methoxy groups -OCH3 is 2. The number of hydrogen-bond acceptors (Lipinski definition) is 3. The lowest BCUT2D eigenvalue weighted by atomic mass is 10.0. The van der Waals surface area contributed by atoms with Crippen molar-refractivity contribution in [3.05, 3.63) is 29.1 Å². The molecule has 2 N–H and O–H groups in total. The number of hydrogen-bond donors (Lipinski definition) is 1. The van der Waals surface area contributed by atoms with Crippen molar-refractivity contribution in [3.63, 3.8) is 0 Å². The molecule has 0 atom stereocenters. The second kappa shape index (κ2) is 5.68. The molecular weight excluding hydrogens is 197 g/mol.